The minimum Gasteiger partial charge on any atom is -0.377 e. The Morgan fingerprint density at radius 2 is 2.05 bits per heavy atom. The van der Waals surface area contributed by atoms with E-state index in [4.69, 9.17) is 16.3 Å². The number of sulfonamides is 1. The molecular weight excluding hydrogens is 310 g/mol. The second-order valence-corrected chi connectivity index (χ2v) is 7.65. The lowest BCUT2D eigenvalue weighted by molar-refractivity contribution is 0.0752. The van der Waals surface area contributed by atoms with E-state index in [0.29, 0.717) is 30.5 Å². The van der Waals surface area contributed by atoms with E-state index in [1.165, 1.54) is 4.31 Å². The van der Waals surface area contributed by atoms with Crippen LogP contribution in [0.5, 0.6) is 0 Å². The van der Waals surface area contributed by atoms with Crippen LogP contribution in [0.25, 0.3) is 0 Å². The van der Waals surface area contributed by atoms with Gasteiger partial charge in [-0.05, 0) is 43.9 Å². The third-order valence-corrected chi connectivity index (χ3v) is 5.72. The highest BCUT2D eigenvalue weighted by molar-refractivity contribution is 7.89. The molecule has 4 nitrogen and oxygen atoms in total. The molecule has 0 N–H and O–H groups in total. The van der Waals surface area contributed by atoms with Crippen LogP contribution in [0.15, 0.2) is 29.2 Å². The summed E-state index contributed by atoms with van der Waals surface area (Å²) in [7, 11) is -3.43. The molecule has 1 aliphatic heterocycles. The summed E-state index contributed by atoms with van der Waals surface area (Å²) in [6, 6.07) is 7.12. The van der Waals surface area contributed by atoms with Gasteiger partial charge in [-0.25, -0.2) is 8.42 Å². The van der Waals surface area contributed by atoms with Gasteiger partial charge in [-0.3, -0.25) is 0 Å². The number of ether oxygens (including phenoxy) is 1. The van der Waals surface area contributed by atoms with Crippen LogP contribution in [0.2, 0.25) is 0 Å². The maximum Gasteiger partial charge on any atom is 0.243 e. The van der Waals surface area contributed by atoms with Gasteiger partial charge in [0, 0.05) is 25.6 Å². The monoisotopic (exact) mass is 331 g/mol. The SMILES string of the molecule is CC1CN(S(=O)(=O)c2ccc(CCCCl)cc2)CCCO1. The molecule has 0 radical (unpaired) electrons. The molecule has 1 fully saturated rings. The van der Waals surface area contributed by atoms with Crippen molar-refractivity contribution in [3.05, 3.63) is 29.8 Å². The smallest absolute Gasteiger partial charge is 0.243 e. The van der Waals surface area contributed by atoms with Gasteiger partial charge in [-0.15, -0.1) is 11.6 Å². The Morgan fingerprint density at radius 1 is 1.33 bits per heavy atom. The third-order valence-electron chi connectivity index (χ3n) is 3.58. The summed E-state index contributed by atoms with van der Waals surface area (Å²) < 4.78 is 32.4. The Hall–Kier alpha value is -0.620. The Balaban J connectivity index is 2.14. The number of hydrogen-bond acceptors (Lipinski definition) is 3. The molecule has 118 valence electrons. The lowest BCUT2D eigenvalue weighted by atomic mass is 10.1. The van der Waals surface area contributed by atoms with Gasteiger partial charge in [0.05, 0.1) is 11.0 Å². The van der Waals surface area contributed by atoms with Gasteiger partial charge in [0.25, 0.3) is 0 Å². The first-order valence-electron chi connectivity index (χ1n) is 7.30. The predicted molar refractivity (Wildman–Crippen MR) is 84.3 cm³/mol. The van der Waals surface area contributed by atoms with Crippen LogP contribution >= 0.6 is 11.6 Å². The van der Waals surface area contributed by atoms with Crippen LogP contribution in [0, 0.1) is 0 Å². The molecule has 0 spiro atoms. The van der Waals surface area contributed by atoms with E-state index in [9.17, 15) is 8.42 Å². The molecule has 0 saturated carbocycles. The summed E-state index contributed by atoms with van der Waals surface area (Å²) in [5.74, 6) is 0.617. The summed E-state index contributed by atoms with van der Waals surface area (Å²) in [5, 5.41) is 0. The molecule has 1 saturated heterocycles. The van der Waals surface area contributed by atoms with Gasteiger partial charge in [0.15, 0.2) is 0 Å². The van der Waals surface area contributed by atoms with Crippen molar-refractivity contribution in [1.82, 2.24) is 4.31 Å². The summed E-state index contributed by atoms with van der Waals surface area (Å²) >= 11 is 5.67. The fourth-order valence-electron chi connectivity index (χ4n) is 2.42. The van der Waals surface area contributed by atoms with Crippen LogP contribution in [0.1, 0.15) is 25.3 Å². The summed E-state index contributed by atoms with van der Waals surface area (Å²) in [5.41, 5.74) is 1.11. The van der Waals surface area contributed by atoms with E-state index >= 15 is 0 Å². The largest absolute Gasteiger partial charge is 0.377 e. The molecule has 1 unspecified atom stereocenters. The first-order chi connectivity index (χ1) is 10.0. The van der Waals surface area contributed by atoms with E-state index < -0.39 is 10.0 Å². The summed E-state index contributed by atoms with van der Waals surface area (Å²) in [6.45, 7) is 3.45. The minimum atomic E-state index is -3.43. The van der Waals surface area contributed by atoms with Crippen LogP contribution in [0.4, 0.5) is 0 Å². The first-order valence-corrected chi connectivity index (χ1v) is 9.28. The Kier molecular flexibility index (Phi) is 6.05. The first kappa shape index (κ1) is 16.7. The van der Waals surface area contributed by atoms with Gasteiger partial charge in [-0.2, -0.15) is 4.31 Å². The molecule has 1 aliphatic rings. The van der Waals surface area contributed by atoms with Crippen LogP contribution < -0.4 is 0 Å². The number of alkyl halides is 1. The van der Waals surface area contributed by atoms with Gasteiger partial charge in [0.2, 0.25) is 10.0 Å². The molecule has 21 heavy (non-hydrogen) atoms. The number of halogens is 1. The lowest BCUT2D eigenvalue weighted by Crippen LogP contribution is -2.35. The highest BCUT2D eigenvalue weighted by Gasteiger charge is 2.27. The van der Waals surface area contributed by atoms with Gasteiger partial charge in [-0.1, -0.05) is 12.1 Å². The van der Waals surface area contributed by atoms with Crippen molar-refractivity contribution in [3.63, 3.8) is 0 Å². The maximum absolute atomic E-state index is 12.7. The maximum atomic E-state index is 12.7. The van der Waals surface area contributed by atoms with Crippen molar-refractivity contribution >= 4 is 21.6 Å². The quantitative estimate of drug-likeness (QED) is 0.779. The topological polar surface area (TPSA) is 46.6 Å². The van der Waals surface area contributed by atoms with Crippen LogP contribution in [-0.2, 0) is 21.2 Å². The fourth-order valence-corrected chi connectivity index (χ4v) is 4.11. The zero-order valence-electron chi connectivity index (χ0n) is 12.3. The van der Waals surface area contributed by atoms with Crippen molar-refractivity contribution < 1.29 is 13.2 Å². The van der Waals surface area contributed by atoms with Crippen molar-refractivity contribution in [2.75, 3.05) is 25.6 Å². The second-order valence-electron chi connectivity index (χ2n) is 5.33. The number of rotatable bonds is 5. The molecule has 0 bridgehead atoms. The van der Waals surface area contributed by atoms with E-state index in [0.717, 1.165) is 24.8 Å². The zero-order chi connectivity index (χ0) is 15.3. The van der Waals surface area contributed by atoms with E-state index in [1.807, 2.05) is 19.1 Å². The fraction of sp³-hybridized carbons (Fsp3) is 0.600. The van der Waals surface area contributed by atoms with Gasteiger partial charge in [0.1, 0.15) is 0 Å². The van der Waals surface area contributed by atoms with Crippen molar-refractivity contribution in [2.24, 2.45) is 0 Å². The molecule has 1 aromatic carbocycles. The number of nitrogens with zero attached hydrogens (tertiary/aromatic N) is 1. The molecule has 0 aliphatic carbocycles. The number of aryl methyl sites for hydroxylation is 1. The van der Waals surface area contributed by atoms with Gasteiger partial charge >= 0.3 is 0 Å². The standard InChI is InChI=1S/C15H22ClNO3S/c1-13-12-17(10-3-11-20-13)21(18,19)15-7-5-14(6-8-15)4-2-9-16/h5-8,13H,2-4,9-12H2,1H3. The van der Waals surface area contributed by atoms with E-state index in [-0.39, 0.29) is 6.10 Å². The van der Waals surface area contributed by atoms with E-state index in [1.54, 1.807) is 12.1 Å². The Morgan fingerprint density at radius 3 is 2.71 bits per heavy atom. The lowest BCUT2D eigenvalue weighted by Gasteiger charge is -2.21. The second kappa shape index (κ2) is 7.58. The molecule has 1 aromatic rings. The zero-order valence-corrected chi connectivity index (χ0v) is 13.9. The average molecular weight is 332 g/mol. The average Bonchev–Trinajstić information content (AvgIpc) is 2.70. The molecule has 1 heterocycles. The van der Waals surface area contributed by atoms with Crippen LogP contribution in [-0.4, -0.2) is 44.4 Å². The predicted octanol–water partition coefficient (Wildman–Crippen LogP) is 2.66. The van der Waals surface area contributed by atoms with E-state index in [2.05, 4.69) is 0 Å². The summed E-state index contributed by atoms with van der Waals surface area (Å²) in [4.78, 5) is 0.353. The summed E-state index contributed by atoms with van der Waals surface area (Å²) in [6.07, 6.45) is 2.44. The normalized spacial score (nSPS) is 21.1. The number of benzene rings is 1. The van der Waals surface area contributed by atoms with Gasteiger partial charge < -0.3 is 4.74 Å². The van der Waals surface area contributed by atoms with Crippen molar-refractivity contribution in [2.45, 2.75) is 37.2 Å². The molecule has 1 atom stereocenters. The molecule has 2 rings (SSSR count). The third kappa shape index (κ3) is 4.42. The van der Waals surface area contributed by atoms with Crippen LogP contribution in [0.3, 0.4) is 0 Å². The minimum absolute atomic E-state index is 0.0646. The van der Waals surface area contributed by atoms with Crippen molar-refractivity contribution in [3.8, 4) is 0 Å². The molecular formula is C15H22ClNO3S. The molecule has 0 amide bonds. The highest BCUT2D eigenvalue weighted by Crippen LogP contribution is 2.19. The number of hydrogen-bond donors (Lipinski definition) is 0. The Bertz CT molecular complexity index is 545. The Labute approximate surface area is 132 Å². The molecule has 6 heteroatoms. The van der Waals surface area contributed by atoms with Crippen molar-refractivity contribution in [1.29, 1.82) is 0 Å². The highest BCUT2D eigenvalue weighted by atomic mass is 35.5. The molecule has 0 aromatic heterocycles.